The minimum Gasteiger partial charge on any atom is -0.480 e. The molecule has 0 saturated heterocycles. The Labute approximate surface area is 98.6 Å². The van der Waals surface area contributed by atoms with E-state index in [2.05, 4.69) is 0 Å². The van der Waals surface area contributed by atoms with Gasteiger partial charge < -0.3 is 15.3 Å². The maximum Gasteiger partial charge on any atom is 0.331 e. The molecular formula is C11H16O6. The molecule has 0 radical (unpaired) electrons. The summed E-state index contributed by atoms with van der Waals surface area (Å²) in [7, 11) is 0. The molecule has 17 heavy (non-hydrogen) atoms. The molecule has 96 valence electrons. The minimum atomic E-state index is -1.95. The zero-order valence-electron chi connectivity index (χ0n) is 9.77. The molecule has 0 fully saturated rings. The highest BCUT2D eigenvalue weighted by molar-refractivity contribution is 5.98. The number of aliphatic carboxylic acids is 3. The topological polar surface area (TPSA) is 112 Å². The van der Waals surface area contributed by atoms with Gasteiger partial charge in [0.1, 0.15) is 0 Å². The van der Waals surface area contributed by atoms with E-state index < -0.39 is 23.3 Å². The van der Waals surface area contributed by atoms with E-state index in [4.69, 9.17) is 15.3 Å². The van der Waals surface area contributed by atoms with Crippen LogP contribution in [0.3, 0.4) is 0 Å². The normalized spacial score (nSPS) is 12.2. The Morgan fingerprint density at radius 1 is 1.06 bits per heavy atom. The molecule has 0 spiro atoms. The van der Waals surface area contributed by atoms with Crippen molar-refractivity contribution in [3.05, 3.63) is 11.6 Å². The van der Waals surface area contributed by atoms with Crippen molar-refractivity contribution in [3.63, 3.8) is 0 Å². The van der Waals surface area contributed by atoms with Gasteiger partial charge in [-0.05, 0) is 19.3 Å². The predicted molar refractivity (Wildman–Crippen MR) is 58.6 cm³/mol. The van der Waals surface area contributed by atoms with Crippen LogP contribution in [0, 0.1) is 5.41 Å². The summed E-state index contributed by atoms with van der Waals surface area (Å²) in [5.74, 6) is -4.07. The zero-order valence-corrected chi connectivity index (χ0v) is 9.77. The van der Waals surface area contributed by atoms with Crippen molar-refractivity contribution in [1.29, 1.82) is 0 Å². The van der Waals surface area contributed by atoms with E-state index in [0.29, 0.717) is 0 Å². The summed E-state index contributed by atoms with van der Waals surface area (Å²) in [6.45, 7) is 3.05. The van der Waals surface area contributed by atoms with Crippen molar-refractivity contribution in [2.75, 3.05) is 0 Å². The lowest BCUT2D eigenvalue weighted by molar-refractivity contribution is -0.164. The monoisotopic (exact) mass is 244 g/mol. The van der Waals surface area contributed by atoms with Gasteiger partial charge in [0, 0.05) is 5.57 Å². The van der Waals surface area contributed by atoms with E-state index in [9.17, 15) is 14.4 Å². The van der Waals surface area contributed by atoms with Gasteiger partial charge in [0.2, 0.25) is 0 Å². The summed E-state index contributed by atoms with van der Waals surface area (Å²) in [6.07, 6.45) is 0.955. The standard InChI is InChI=1S/C11H16O6/c1-3-7(8(12)13)5-6-11(4-2,9(14)15)10(16)17/h5H,3-4,6H2,1-2H3,(H,12,13)(H,14,15)(H,16,17). The van der Waals surface area contributed by atoms with E-state index in [0.717, 1.165) is 0 Å². The van der Waals surface area contributed by atoms with Crippen LogP contribution in [0.1, 0.15) is 33.1 Å². The van der Waals surface area contributed by atoms with Crippen molar-refractivity contribution in [2.24, 2.45) is 5.41 Å². The summed E-state index contributed by atoms with van der Waals surface area (Å²) in [4.78, 5) is 32.7. The molecule has 6 heteroatoms. The van der Waals surface area contributed by atoms with E-state index in [-0.39, 0.29) is 24.8 Å². The lowest BCUT2D eigenvalue weighted by Crippen LogP contribution is -2.38. The summed E-state index contributed by atoms with van der Waals surface area (Å²) in [5, 5.41) is 26.7. The van der Waals surface area contributed by atoms with Gasteiger partial charge in [-0.25, -0.2) is 4.79 Å². The Morgan fingerprint density at radius 2 is 1.53 bits per heavy atom. The van der Waals surface area contributed by atoms with Crippen LogP contribution in [0.15, 0.2) is 11.6 Å². The highest BCUT2D eigenvalue weighted by Crippen LogP contribution is 2.29. The van der Waals surface area contributed by atoms with E-state index in [1.165, 1.54) is 13.0 Å². The van der Waals surface area contributed by atoms with Crippen molar-refractivity contribution >= 4 is 17.9 Å². The molecule has 0 aromatic heterocycles. The van der Waals surface area contributed by atoms with Gasteiger partial charge in [0.15, 0.2) is 5.41 Å². The third kappa shape index (κ3) is 3.30. The van der Waals surface area contributed by atoms with Crippen LogP contribution in [0.25, 0.3) is 0 Å². The van der Waals surface area contributed by atoms with Crippen LogP contribution in [-0.4, -0.2) is 33.2 Å². The Morgan fingerprint density at radius 3 is 1.76 bits per heavy atom. The minimum absolute atomic E-state index is 0.0188. The second-order valence-corrected chi connectivity index (χ2v) is 3.64. The molecule has 0 aliphatic carbocycles. The van der Waals surface area contributed by atoms with Gasteiger partial charge in [0.05, 0.1) is 0 Å². The van der Waals surface area contributed by atoms with Crippen molar-refractivity contribution in [1.82, 2.24) is 0 Å². The second-order valence-electron chi connectivity index (χ2n) is 3.64. The smallest absolute Gasteiger partial charge is 0.331 e. The first-order chi connectivity index (χ1) is 7.81. The fourth-order valence-corrected chi connectivity index (χ4v) is 1.39. The Balaban J connectivity index is 5.21. The molecule has 3 N–H and O–H groups in total. The average Bonchev–Trinajstić information content (AvgIpc) is 2.23. The molecule has 0 heterocycles. The third-order valence-electron chi connectivity index (χ3n) is 2.77. The van der Waals surface area contributed by atoms with Gasteiger partial charge in [-0.1, -0.05) is 19.9 Å². The zero-order chi connectivity index (χ0) is 13.6. The van der Waals surface area contributed by atoms with E-state index in [1.54, 1.807) is 6.92 Å². The van der Waals surface area contributed by atoms with Crippen LogP contribution < -0.4 is 0 Å². The SMILES string of the molecule is CCC(=CCC(CC)(C(=O)O)C(=O)O)C(=O)O. The van der Waals surface area contributed by atoms with E-state index >= 15 is 0 Å². The van der Waals surface area contributed by atoms with Crippen LogP contribution in [0.2, 0.25) is 0 Å². The largest absolute Gasteiger partial charge is 0.480 e. The number of allylic oxidation sites excluding steroid dienone is 1. The van der Waals surface area contributed by atoms with Crippen LogP contribution >= 0.6 is 0 Å². The fourth-order valence-electron chi connectivity index (χ4n) is 1.39. The molecule has 0 aromatic carbocycles. The molecule has 0 bridgehead atoms. The Hall–Kier alpha value is -1.85. The quantitative estimate of drug-likeness (QED) is 0.460. The third-order valence-corrected chi connectivity index (χ3v) is 2.77. The van der Waals surface area contributed by atoms with Gasteiger partial charge >= 0.3 is 17.9 Å². The number of rotatable bonds is 7. The fraction of sp³-hybridized carbons (Fsp3) is 0.545. The number of carboxylic acids is 3. The number of carboxylic acid groups (broad SMARTS) is 3. The van der Waals surface area contributed by atoms with Crippen molar-refractivity contribution < 1.29 is 29.7 Å². The lowest BCUT2D eigenvalue weighted by atomic mass is 9.81. The Bertz CT molecular complexity index is 341. The molecule has 0 aromatic rings. The summed E-state index contributed by atoms with van der Waals surface area (Å²) >= 11 is 0. The average molecular weight is 244 g/mol. The molecule has 0 aliphatic rings. The first-order valence-corrected chi connectivity index (χ1v) is 5.20. The maximum atomic E-state index is 11.0. The summed E-state index contributed by atoms with van der Waals surface area (Å²) < 4.78 is 0. The first kappa shape index (κ1) is 15.2. The molecule has 0 atom stereocenters. The van der Waals surface area contributed by atoms with Crippen LogP contribution in [-0.2, 0) is 14.4 Å². The predicted octanol–water partition coefficient (Wildman–Crippen LogP) is 1.36. The van der Waals surface area contributed by atoms with Gasteiger partial charge in [-0.3, -0.25) is 9.59 Å². The highest BCUT2D eigenvalue weighted by Gasteiger charge is 2.44. The molecule has 6 nitrogen and oxygen atoms in total. The number of hydrogen-bond donors (Lipinski definition) is 3. The molecule has 0 amide bonds. The summed E-state index contributed by atoms with van der Waals surface area (Å²) in [6, 6.07) is 0. The maximum absolute atomic E-state index is 11.0. The number of hydrogen-bond acceptors (Lipinski definition) is 3. The lowest BCUT2D eigenvalue weighted by Gasteiger charge is -2.21. The molecule has 0 unspecified atom stereocenters. The summed E-state index contributed by atoms with van der Waals surface area (Å²) in [5.41, 5.74) is -1.93. The molecule has 0 rings (SSSR count). The van der Waals surface area contributed by atoms with Gasteiger partial charge in [-0.15, -0.1) is 0 Å². The Kier molecular flexibility index (Phi) is 5.37. The molecule has 0 aliphatic heterocycles. The molecular weight excluding hydrogens is 228 g/mol. The van der Waals surface area contributed by atoms with Gasteiger partial charge in [0.25, 0.3) is 0 Å². The van der Waals surface area contributed by atoms with Gasteiger partial charge in [-0.2, -0.15) is 0 Å². The first-order valence-electron chi connectivity index (χ1n) is 5.20. The second kappa shape index (κ2) is 6.03. The van der Waals surface area contributed by atoms with E-state index in [1.807, 2.05) is 0 Å². The molecule has 0 saturated carbocycles. The van der Waals surface area contributed by atoms with Crippen LogP contribution in [0.5, 0.6) is 0 Å². The van der Waals surface area contributed by atoms with Crippen molar-refractivity contribution in [3.8, 4) is 0 Å². The highest BCUT2D eigenvalue weighted by atomic mass is 16.4. The number of carbonyl (C=O) groups is 3. The van der Waals surface area contributed by atoms with Crippen molar-refractivity contribution in [2.45, 2.75) is 33.1 Å². The van der Waals surface area contributed by atoms with Crippen LogP contribution in [0.4, 0.5) is 0 Å².